The number of aromatic amines is 1. The highest BCUT2D eigenvalue weighted by atomic mass is 19.4. The van der Waals surface area contributed by atoms with Gasteiger partial charge in [-0.25, -0.2) is 4.98 Å². The molecule has 0 radical (unpaired) electrons. The van der Waals surface area contributed by atoms with Crippen molar-refractivity contribution in [3.8, 4) is 0 Å². The molecule has 156 valence electrons. The molecule has 2 aromatic heterocycles. The second-order valence-corrected chi connectivity index (χ2v) is 7.26. The molecule has 8 heteroatoms. The summed E-state index contributed by atoms with van der Waals surface area (Å²) in [6.07, 6.45) is 3.00. The summed E-state index contributed by atoms with van der Waals surface area (Å²) < 4.78 is 39.4. The summed E-state index contributed by atoms with van der Waals surface area (Å²) in [5, 5.41) is 3.74. The van der Waals surface area contributed by atoms with E-state index in [1.165, 1.54) is 18.2 Å². The van der Waals surface area contributed by atoms with Gasteiger partial charge in [-0.3, -0.25) is 4.79 Å². The maximum atomic E-state index is 13.1. The number of benzene rings is 1. The molecule has 0 saturated carbocycles. The molecular weight excluding hydrogens is 393 g/mol. The number of alkyl halides is 3. The Morgan fingerprint density at radius 3 is 2.67 bits per heavy atom. The first-order chi connectivity index (χ1) is 14.4. The van der Waals surface area contributed by atoms with Crippen LogP contribution in [0, 0.1) is 0 Å². The maximum absolute atomic E-state index is 13.1. The van der Waals surface area contributed by atoms with E-state index in [4.69, 9.17) is 0 Å². The first-order valence-corrected chi connectivity index (χ1v) is 9.79. The predicted octanol–water partition coefficient (Wildman–Crippen LogP) is 5.22. The molecule has 1 aliphatic heterocycles. The number of nitrogens with zero attached hydrogens (tertiary/aromatic N) is 2. The number of carbonyl (C=O) groups excluding carboxylic acids is 1. The third kappa shape index (κ3) is 4.48. The lowest BCUT2D eigenvalue weighted by atomic mass is 10.1. The van der Waals surface area contributed by atoms with Crippen LogP contribution in [0.2, 0.25) is 0 Å². The Bertz CT molecular complexity index is 1080. The minimum absolute atomic E-state index is 0.266. The predicted molar refractivity (Wildman–Crippen MR) is 111 cm³/mol. The number of nitrogens with one attached hydrogen (secondary N) is 2. The Morgan fingerprint density at radius 2 is 1.90 bits per heavy atom. The third-order valence-electron chi connectivity index (χ3n) is 5.09. The molecule has 30 heavy (non-hydrogen) atoms. The van der Waals surface area contributed by atoms with Crippen molar-refractivity contribution in [2.45, 2.75) is 25.4 Å². The number of hydrogen-bond acceptors (Lipinski definition) is 3. The number of fused-ring (bicyclic) bond motifs is 1. The van der Waals surface area contributed by atoms with Crippen LogP contribution in [0.3, 0.4) is 0 Å². The van der Waals surface area contributed by atoms with Crippen molar-refractivity contribution in [3.63, 3.8) is 0 Å². The van der Waals surface area contributed by atoms with Gasteiger partial charge in [-0.1, -0.05) is 0 Å². The lowest BCUT2D eigenvalue weighted by Crippen LogP contribution is -2.31. The summed E-state index contributed by atoms with van der Waals surface area (Å²) in [6, 6.07) is 9.71. The van der Waals surface area contributed by atoms with Gasteiger partial charge in [-0.2, -0.15) is 13.2 Å². The van der Waals surface area contributed by atoms with Crippen LogP contribution < -0.4 is 10.2 Å². The van der Waals surface area contributed by atoms with Crippen molar-refractivity contribution in [2.24, 2.45) is 0 Å². The van der Waals surface area contributed by atoms with Crippen molar-refractivity contribution in [2.75, 3.05) is 23.3 Å². The molecule has 1 amide bonds. The summed E-state index contributed by atoms with van der Waals surface area (Å²) in [4.78, 5) is 21.2. The molecular formula is C22H21F3N4O. The smallest absolute Gasteiger partial charge is 0.361 e. The number of pyridine rings is 1. The second kappa shape index (κ2) is 8.22. The molecule has 4 rings (SSSR count). The Morgan fingerprint density at radius 1 is 1.10 bits per heavy atom. The highest BCUT2D eigenvalue weighted by Crippen LogP contribution is 2.32. The van der Waals surface area contributed by atoms with Gasteiger partial charge in [0.25, 0.3) is 0 Å². The van der Waals surface area contributed by atoms with E-state index in [0.29, 0.717) is 24.3 Å². The quantitative estimate of drug-likeness (QED) is 0.575. The van der Waals surface area contributed by atoms with Gasteiger partial charge in [0.05, 0.1) is 0 Å². The van der Waals surface area contributed by atoms with Crippen LogP contribution in [0.15, 0.2) is 48.7 Å². The van der Waals surface area contributed by atoms with Crippen molar-refractivity contribution >= 4 is 34.4 Å². The highest BCUT2D eigenvalue weighted by molar-refractivity contribution is 6.03. The molecule has 0 unspecified atom stereocenters. The van der Waals surface area contributed by atoms with Gasteiger partial charge < -0.3 is 15.2 Å². The number of halogens is 3. The SMILES string of the molecule is O=C(/C=C/c1ccc(C(F)(F)F)nc1N1CCCCC1)Nc1ccc2[nH]ccc2c1. The summed E-state index contributed by atoms with van der Waals surface area (Å²) in [5.41, 5.74) is 1.16. The Balaban J connectivity index is 1.55. The Kier molecular flexibility index (Phi) is 5.48. The fourth-order valence-corrected chi connectivity index (χ4v) is 3.59. The molecule has 1 saturated heterocycles. The summed E-state index contributed by atoms with van der Waals surface area (Å²) in [6.45, 7) is 1.30. The van der Waals surface area contributed by atoms with E-state index >= 15 is 0 Å². The number of carbonyl (C=O) groups is 1. The number of H-pyrrole nitrogens is 1. The fourth-order valence-electron chi connectivity index (χ4n) is 3.59. The number of piperidine rings is 1. The molecule has 0 aliphatic carbocycles. The summed E-state index contributed by atoms with van der Waals surface area (Å²) >= 11 is 0. The van der Waals surface area contributed by atoms with Gasteiger partial charge in [0, 0.05) is 47.5 Å². The number of rotatable bonds is 4. The van der Waals surface area contributed by atoms with Crippen molar-refractivity contribution in [3.05, 3.63) is 59.9 Å². The van der Waals surface area contributed by atoms with Crippen LogP contribution in [0.5, 0.6) is 0 Å². The zero-order valence-electron chi connectivity index (χ0n) is 16.2. The van der Waals surface area contributed by atoms with Crippen LogP contribution in [-0.2, 0) is 11.0 Å². The average molecular weight is 414 g/mol. The van der Waals surface area contributed by atoms with Crippen LogP contribution in [0.25, 0.3) is 17.0 Å². The fraction of sp³-hybridized carbons (Fsp3) is 0.273. The van der Waals surface area contributed by atoms with Gasteiger partial charge in [0.2, 0.25) is 5.91 Å². The Labute approximate surface area is 171 Å². The first kappa shape index (κ1) is 20.0. The summed E-state index contributed by atoms with van der Waals surface area (Å²) in [7, 11) is 0. The van der Waals surface area contributed by atoms with Crippen molar-refractivity contribution < 1.29 is 18.0 Å². The molecule has 3 aromatic rings. The standard InChI is InChI=1S/C22H21F3N4O/c23-22(24,25)19-8-4-15(21(28-19)29-12-2-1-3-13-29)5-9-20(30)27-17-6-7-18-16(14-17)10-11-26-18/h4-11,14,26H,1-3,12-13H2,(H,27,30)/b9-5+. The van der Waals surface area contributed by atoms with Crippen molar-refractivity contribution in [1.29, 1.82) is 0 Å². The normalized spacial score (nSPS) is 15.1. The van der Waals surface area contributed by atoms with E-state index in [1.807, 2.05) is 29.3 Å². The number of amides is 1. The molecule has 1 fully saturated rings. The summed E-state index contributed by atoms with van der Waals surface area (Å²) in [5.74, 6) is -0.100. The van der Waals surface area contributed by atoms with Gasteiger partial charge in [0.1, 0.15) is 11.5 Å². The van der Waals surface area contributed by atoms with Crippen LogP contribution in [0.4, 0.5) is 24.7 Å². The van der Waals surface area contributed by atoms with E-state index in [9.17, 15) is 18.0 Å². The first-order valence-electron chi connectivity index (χ1n) is 9.79. The lowest BCUT2D eigenvalue weighted by Gasteiger charge is -2.29. The minimum Gasteiger partial charge on any atom is -0.361 e. The zero-order valence-corrected chi connectivity index (χ0v) is 16.2. The molecule has 0 atom stereocenters. The molecule has 2 N–H and O–H groups in total. The largest absolute Gasteiger partial charge is 0.433 e. The van der Waals surface area contributed by atoms with E-state index in [-0.39, 0.29) is 11.7 Å². The van der Waals surface area contributed by atoms with Gasteiger partial charge in [-0.05, 0) is 61.7 Å². The maximum Gasteiger partial charge on any atom is 0.433 e. The molecule has 0 bridgehead atoms. The number of aromatic nitrogens is 2. The van der Waals surface area contributed by atoms with E-state index in [1.54, 1.807) is 6.07 Å². The number of anilines is 2. The van der Waals surface area contributed by atoms with Gasteiger partial charge in [0.15, 0.2) is 0 Å². The van der Waals surface area contributed by atoms with E-state index in [2.05, 4.69) is 15.3 Å². The zero-order chi connectivity index (χ0) is 21.1. The van der Waals surface area contributed by atoms with Crippen LogP contribution in [0.1, 0.15) is 30.5 Å². The molecule has 1 aromatic carbocycles. The monoisotopic (exact) mass is 414 g/mol. The van der Waals surface area contributed by atoms with Crippen LogP contribution in [-0.4, -0.2) is 29.0 Å². The molecule has 5 nitrogen and oxygen atoms in total. The molecule has 3 heterocycles. The number of hydrogen-bond donors (Lipinski definition) is 2. The van der Waals surface area contributed by atoms with E-state index < -0.39 is 11.9 Å². The van der Waals surface area contributed by atoms with Crippen molar-refractivity contribution in [1.82, 2.24) is 9.97 Å². The topological polar surface area (TPSA) is 61.0 Å². The molecule has 0 spiro atoms. The highest BCUT2D eigenvalue weighted by Gasteiger charge is 2.33. The van der Waals surface area contributed by atoms with E-state index in [0.717, 1.165) is 36.2 Å². The molecule has 1 aliphatic rings. The average Bonchev–Trinajstić information content (AvgIpc) is 3.20. The lowest BCUT2D eigenvalue weighted by molar-refractivity contribution is -0.141. The minimum atomic E-state index is -4.51. The van der Waals surface area contributed by atoms with Gasteiger partial charge in [-0.15, -0.1) is 0 Å². The van der Waals surface area contributed by atoms with Crippen LogP contribution >= 0.6 is 0 Å². The van der Waals surface area contributed by atoms with Gasteiger partial charge >= 0.3 is 6.18 Å². The third-order valence-corrected chi connectivity index (χ3v) is 5.09. The second-order valence-electron chi connectivity index (χ2n) is 7.26. The Hall–Kier alpha value is -3.29.